The summed E-state index contributed by atoms with van der Waals surface area (Å²) in [5.74, 6) is 2.71. The van der Waals surface area contributed by atoms with E-state index in [4.69, 9.17) is 9.47 Å². The molecule has 23 heavy (non-hydrogen) atoms. The summed E-state index contributed by atoms with van der Waals surface area (Å²) in [5, 5.41) is 10.3. The summed E-state index contributed by atoms with van der Waals surface area (Å²) in [6, 6.07) is 15.6. The molecule has 1 heterocycles. The summed E-state index contributed by atoms with van der Waals surface area (Å²) in [5.41, 5.74) is 1.92. The number of H-pyrrole nitrogens is 1. The van der Waals surface area contributed by atoms with E-state index in [9.17, 15) is 0 Å². The molecule has 3 rings (SSSR count). The lowest BCUT2D eigenvalue weighted by molar-refractivity contribution is 0.405. The van der Waals surface area contributed by atoms with E-state index in [2.05, 4.69) is 32.6 Å². The average Bonchev–Trinajstić information content (AvgIpc) is 3.02. The van der Waals surface area contributed by atoms with Crippen LogP contribution in [0, 0.1) is 0 Å². The van der Waals surface area contributed by atoms with Crippen molar-refractivity contribution in [3.63, 3.8) is 0 Å². The Hall–Kier alpha value is -3.02. The predicted octanol–water partition coefficient (Wildman–Crippen LogP) is 3.16. The Balaban J connectivity index is 1.76. The van der Waals surface area contributed by atoms with Crippen LogP contribution in [0.2, 0.25) is 0 Å². The Labute approximate surface area is 134 Å². The first-order valence-electron chi connectivity index (χ1n) is 7.22. The average molecular weight is 310 g/mol. The molecule has 0 fully saturated rings. The molecule has 0 amide bonds. The van der Waals surface area contributed by atoms with Gasteiger partial charge in [-0.2, -0.15) is 4.98 Å². The Morgan fingerprint density at radius 3 is 2.61 bits per heavy atom. The van der Waals surface area contributed by atoms with Crippen LogP contribution in [0.5, 0.6) is 11.5 Å². The monoisotopic (exact) mass is 310 g/mol. The van der Waals surface area contributed by atoms with Gasteiger partial charge >= 0.3 is 0 Å². The van der Waals surface area contributed by atoms with E-state index in [0.29, 0.717) is 18.1 Å². The van der Waals surface area contributed by atoms with Crippen LogP contribution in [-0.2, 0) is 6.42 Å². The standard InChI is InChI=1S/C17H18N4O2/c1-22-13-8-9-15(23-2)14(11-13)18-17-19-16(20-21-17)10-12-6-4-3-5-7-12/h3-9,11H,10H2,1-2H3,(H2,18,19,20,21). The molecule has 6 nitrogen and oxygen atoms in total. The highest BCUT2D eigenvalue weighted by Crippen LogP contribution is 2.30. The zero-order chi connectivity index (χ0) is 16.1. The molecule has 3 aromatic rings. The van der Waals surface area contributed by atoms with Crippen LogP contribution >= 0.6 is 0 Å². The van der Waals surface area contributed by atoms with E-state index in [1.54, 1.807) is 14.2 Å². The predicted molar refractivity (Wildman–Crippen MR) is 88.5 cm³/mol. The molecule has 2 N–H and O–H groups in total. The third kappa shape index (κ3) is 3.60. The van der Waals surface area contributed by atoms with Gasteiger partial charge in [0.2, 0.25) is 5.95 Å². The molecule has 0 aliphatic carbocycles. The Bertz CT molecular complexity index is 771. The van der Waals surface area contributed by atoms with E-state index in [-0.39, 0.29) is 0 Å². The quantitative estimate of drug-likeness (QED) is 0.732. The molecular weight excluding hydrogens is 292 g/mol. The molecule has 0 saturated heterocycles. The maximum absolute atomic E-state index is 5.34. The normalized spacial score (nSPS) is 10.3. The van der Waals surface area contributed by atoms with Crippen molar-refractivity contribution >= 4 is 11.6 Å². The molecule has 6 heteroatoms. The molecule has 1 aromatic heterocycles. The van der Waals surface area contributed by atoms with E-state index in [1.165, 1.54) is 5.56 Å². The first kappa shape index (κ1) is 14.9. The largest absolute Gasteiger partial charge is 0.497 e. The molecule has 0 bridgehead atoms. The summed E-state index contributed by atoms with van der Waals surface area (Å²) in [6.45, 7) is 0. The zero-order valence-electron chi connectivity index (χ0n) is 13.0. The number of aromatic nitrogens is 3. The van der Waals surface area contributed by atoms with E-state index in [0.717, 1.165) is 17.3 Å². The fraction of sp³-hybridized carbons (Fsp3) is 0.176. The summed E-state index contributed by atoms with van der Waals surface area (Å²) in [6.07, 6.45) is 0.699. The first-order chi connectivity index (χ1) is 11.3. The fourth-order valence-electron chi connectivity index (χ4n) is 2.25. The lowest BCUT2D eigenvalue weighted by Crippen LogP contribution is -1.97. The van der Waals surface area contributed by atoms with Gasteiger partial charge in [0.25, 0.3) is 0 Å². The van der Waals surface area contributed by atoms with Crippen molar-refractivity contribution in [2.75, 3.05) is 19.5 Å². The minimum absolute atomic E-state index is 0.488. The number of benzene rings is 2. The van der Waals surface area contributed by atoms with Gasteiger partial charge in [0.1, 0.15) is 17.3 Å². The minimum Gasteiger partial charge on any atom is -0.497 e. The number of ether oxygens (including phenoxy) is 2. The minimum atomic E-state index is 0.488. The van der Waals surface area contributed by atoms with Gasteiger partial charge < -0.3 is 14.8 Å². The molecule has 2 aromatic carbocycles. The van der Waals surface area contributed by atoms with Crippen LogP contribution in [-0.4, -0.2) is 29.4 Å². The van der Waals surface area contributed by atoms with Crippen LogP contribution in [0.3, 0.4) is 0 Å². The van der Waals surface area contributed by atoms with Crippen LogP contribution in [0.25, 0.3) is 0 Å². The van der Waals surface area contributed by atoms with Gasteiger partial charge in [0, 0.05) is 12.5 Å². The summed E-state index contributed by atoms with van der Waals surface area (Å²) in [7, 11) is 3.24. The topological polar surface area (TPSA) is 72.1 Å². The number of hydrogen-bond donors (Lipinski definition) is 2. The SMILES string of the molecule is COc1ccc(OC)c(Nc2n[nH]c(Cc3ccccc3)n2)c1. The summed E-state index contributed by atoms with van der Waals surface area (Å²) in [4.78, 5) is 4.46. The van der Waals surface area contributed by atoms with Gasteiger partial charge in [0.05, 0.1) is 19.9 Å². The number of nitrogens with one attached hydrogen (secondary N) is 2. The highest BCUT2D eigenvalue weighted by atomic mass is 16.5. The Morgan fingerprint density at radius 2 is 1.87 bits per heavy atom. The molecule has 0 saturated carbocycles. The number of rotatable bonds is 6. The smallest absolute Gasteiger partial charge is 0.246 e. The number of anilines is 2. The number of aromatic amines is 1. The first-order valence-corrected chi connectivity index (χ1v) is 7.22. The van der Waals surface area contributed by atoms with E-state index < -0.39 is 0 Å². The van der Waals surface area contributed by atoms with Crippen LogP contribution < -0.4 is 14.8 Å². The van der Waals surface area contributed by atoms with Gasteiger partial charge in [-0.25, -0.2) is 0 Å². The molecule has 0 atom stereocenters. The molecule has 0 aliphatic rings. The van der Waals surface area contributed by atoms with Gasteiger partial charge in [-0.3, -0.25) is 5.10 Å². The van der Waals surface area contributed by atoms with Crippen LogP contribution in [0.15, 0.2) is 48.5 Å². The van der Waals surface area contributed by atoms with Crippen molar-refractivity contribution in [2.24, 2.45) is 0 Å². The molecule has 118 valence electrons. The highest BCUT2D eigenvalue weighted by Gasteiger charge is 2.09. The molecule has 0 spiro atoms. The Morgan fingerprint density at radius 1 is 1.04 bits per heavy atom. The second-order valence-corrected chi connectivity index (χ2v) is 4.96. The number of hydrogen-bond acceptors (Lipinski definition) is 5. The fourth-order valence-corrected chi connectivity index (χ4v) is 2.25. The van der Waals surface area contributed by atoms with Crippen LogP contribution in [0.1, 0.15) is 11.4 Å². The molecular formula is C17H18N4O2. The second kappa shape index (κ2) is 6.83. The zero-order valence-corrected chi connectivity index (χ0v) is 13.0. The van der Waals surface area contributed by atoms with Crippen molar-refractivity contribution in [3.05, 3.63) is 59.9 Å². The van der Waals surface area contributed by atoms with Crippen molar-refractivity contribution in [3.8, 4) is 11.5 Å². The van der Waals surface area contributed by atoms with Crippen molar-refractivity contribution < 1.29 is 9.47 Å². The van der Waals surface area contributed by atoms with Gasteiger partial charge in [0.15, 0.2) is 0 Å². The molecule has 0 radical (unpaired) electrons. The maximum Gasteiger partial charge on any atom is 0.246 e. The van der Waals surface area contributed by atoms with Gasteiger partial charge in [-0.15, -0.1) is 5.10 Å². The second-order valence-electron chi connectivity index (χ2n) is 4.96. The van der Waals surface area contributed by atoms with Gasteiger partial charge in [-0.05, 0) is 17.7 Å². The molecule has 0 aliphatic heterocycles. The number of nitrogens with zero attached hydrogens (tertiary/aromatic N) is 2. The highest BCUT2D eigenvalue weighted by molar-refractivity contribution is 5.64. The molecule has 0 unspecified atom stereocenters. The van der Waals surface area contributed by atoms with E-state index >= 15 is 0 Å². The van der Waals surface area contributed by atoms with Gasteiger partial charge in [-0.1, -0.05) is 30.3 Å². The third-order valence-corrected chi connectivity index (χ3v) is 3.40. The summed E-state index contributed by atoms with van der Waals surface area (Å²) >= 11 is 0. The third-order valence-electron chi connectivity index (χ3n) is 3.40. The Kier molecular flexibility index (Phi) is 4.42. The maximum atomic E-state index is 5.34. The lowest BCUT2D eigenvalue weighted by Gasteiger charge is -2.10. The van der Waals surface area contributed by atoms with Crippen molar-refractivity contribution in [2.45, 2.75) is 6.42 Å². The van der Waals surface area contributed by atoms with Crippen LogP contribution in [0.4, 0.5) is 11.6 Å². The van der Waals surface area contributed by atoms with Crippen molar-refractivity contribution in [1.82, 2.24) is 15.2 Å². The lowest BCUT2D eigenvalue weighted by atomic mass is 10.1. The van der Waals surface area contributed by atoms with E-state index in [1.807, 2.05) is 36.4 Å². The summed E-state index contributed by atoms with van der Waals surface area (Å²) < 4.78 is 10.6. The van der Waals surface area contributed by atoms with Crippen molar-refractivity contribution in [1.29, 1.82) is 0 Å². The number of methoxy groups -OCH3 is 2.